The summed E-state index contributed by atoms with van der Waals surface area (Å²) in [6, 6.07) is 0.545. The third-order valence-electron chi connectivity index (χ3n) is 9.09. The van der Waals surface area contributed by atoms with Crippen LogP contribution in [-0.2, 0) is 35.2 Å². The summed E-state index contributed by atoms with van der Waals surface area (Å²) in [5.41, 5.74) is 16.4. The number of benzene rings is 1. The van der Waals surface area contributed by atoms with E-state index >= 15 is 0 Å². The molecule has 0 saturated heterocycles. The van der Waals surface area contributed by atoms with E-state index in [-0.39, 0.29) is 50.2 Å². The van der Waals surface area contributed by atoms with Gasteiger partial charge in [-0.05, 0) is 108 Å². The highest BCUT2D eigenvalue weighted by atomic mass is 16.4. The highest BCUT2D eigenvalue weighted by Gasteiger charge is 2.39. The third-order valence-corrected chi connectivity index (χ3v) is 9.09. The molecular formula is C39H66N8O8. The predicted molar refractivity (Wildman–Crippen MR) is 211 cm³/mol. The largest absolute Gasteiger partial charge is 0.508 e. The minimum atomic E-state index is -1.57. The standard InChI is InChI=1S/C39H66N8O8/c1-6-8-13-28(42)33(49)43-29(14-9-11-21-40)34(50)44-30(15-10-12-22-41)36(52)47-39(5,20-7-2)38(55)46-31(24-26-16-18-27(48)19-17-26)35(51)45-32(37(53)54)23-25(3)4/h6,8,16-19,25,28-32,48H,7,9-15,20-24,40-42H2,1-5H3,(H,43,49)(H,44,50)(H,45,51)(H,46,55)(H,47,52)(H,53,54)/b8-6+/t28-,29-,30-,31-,32-,39?/m0/s1. The van der Waals surface area contributed by atoms with Crippen LogP contribution < -0.4 is 43.8 Å². The number of phenols is 1. The van der Waals surface area contributed by atoms with Gasteiger partial charge in [-0.25, -0.2) is 4.79 Å². The highest BCUT2D eigenvalue weighted by Crippen LogP contribution is 2.17. The maximum absolute atomic E-state index is 14.1. The number of aliphatic carboxylic acids is 1. The number of allylic oxidation sites excluding steroid dienone is 1. The topological polar surface area (TPSA) is 281 Å². The molecule has 16 heteroatoms. The Morgan fingerprint density at radius 1 is 0.782 bits per heavy atom. The Morgan fingerprint density at radius 2 is 1.31 bits per heavy atom. The van der Waals surface area contributed by atoms with Gasteiger partial charge in [-0.3, -0.25) is 24.0 Å². The molecule has 1 aromatic carbocycles. The molecule has 1 unspecified atom stereocenters. The lowest BCUT2D eigenvalue weighted by molar-refractivity contribution is -0.143. The molecule has 0 radical (unpaired) electrons. The second-order valence-electron chi connectivity index (χ2n) is 14.6. The van der Waals surface area contributed by atoms with Crippen LogP contribution in [0.3, 0.4) is 0 Å². The Balaban J connectivity index is 3.40. The van der Waals surface area contributed by atoms with Gasteiger partial charge in [0.1, 0.15) is 35.5 Å². The molecule has 6 atom stereocenters. The fourth-order valence-corrected chi connectivity index (χ4v) is 5.92. The molecule has 0 aromatic heterocycles. The van der Waals surface area contributed by atoms with Gasteiger partial charge >= 0.3 is 5.97 Å². The first-order chi connectivity index (χ1) is 26.0. The Labute approximate surface area is 325 Å². The van der Waals surface area contributed by atoms with Crippen LogP contribution in [-0.4, -0.2) is 94.6 Å². The zero-order chi connectivity index (χ0) is 41.6. The molecule has 0 bridgehead atoms. The zero-order valence-corrected chi connectivity index (χ0v) is 33.2. The first kappa shape index (κ1) is 48.5. The van der Waals surface area contributed by atoms with E-state index in [1.807, 2.05) is 20.8 Å². The number of carbonyl (C=O) groups excluding carboxylic acids is 5. The lowest BCUT2D eigenvalue weighted by Gasteiger charge is -2.33. The minimum Gasteiger partial charge on any atom is -0.508 e. The van der Waals surface area contributed by atoms with E-state index in [1.165, 1.54) is 19.1 Å². The molecule has 0 saturated carbocycles. The van der Waals surface area contributed by atoms with Crippen LogP contribution in [0, 0.1) is 5.92 Å². The number of carboxylic acid groups (broad SMARTS) is 1. The number of phenolic OH excluding ortho intramolecular Hbond substituents is 1. The fraction of sp³-hybridized carbons (Fsp3) is 0.641. The lowest BCUT2D eigenvalue weighted by atomic mass is 9.92. The van der Waals surface area contributed by atoms with Gasteiger partial charge < -0.3 is 54.0 Å². The van der Waals surface area contributed by atoms with Crippen LogP contribution in [0.2, 0.25) is 0 Å². The molecule has 0 fully saturated rings. The van der Waals surface area contributed by atoms with Crippen molar-refractivity contribution in [2.24, 2.45) is 23.1 Å². The Bertz CT molecular complexity index is 1410. The Morgan fingerprint density at radius 3 is 1.82 bits per heavy atom. The average molecular weight is 775 g/mol. The summed E-state index contributed by atoms with van der Waals surface area (Å²) >= 11 is 0. The van der Waals surface area contributed by atoms with Gasteiger partial charge in [0, 0.05) is 6.42 Å². The molecule has 0 spiro atoms. The number of amides is 5. The van der Waals surface area contributed by atoms with Crippen LogP contribution in [0.1, 0.15) is 104 Å². The van der Waals surface area contributed by atoms with Crippen LogP contribution in [0.5, 0.6) is 5.75 Å². The number of nitrogens with one attached hydrogen (secondary N) is 5. The van der Waals surface area contributed by atoms with Crippen molar-refractivity contribution in [3.8, 4) is 5.75 Å². The highest BCUT2D eigenvalue weighted by molar-refractivity contribution is 5.98. The van der Waals surface area contributed by atoms with Gasteiger partial charge in [0.25, 0.3) is 0 Å². The first-order valence-electron chi connectivity index (χ1n) is 19.3. The van der Waals surface area contributed by atoms with Crippen LogP contribution in [0.15, 0.2) is 36.4 Å². The molecular weight excluding hydrogens is 708 g/mol. The number of aromatic hydroxyl groups is 1. The summed E-state index contributed by atoms with van der Waals surface area (Å²) in [6.07, 6.45) is 7.09. The number of hydrogen-bond donors (Lipinski definition) is 10. The number of nitrogens with two attached hydrogens (primary N) is 3. The van der Waals surface area contributed by atoms with Gasteiger partial charge in [-0.2, -0.15) is 0 Å². The van der Waals surface area contributed by atoms with Crippen molar-refractivity contribution in [2.75, 3.05) is 13.1 Å². The second kappa shape index (κ2) is 25.5. The molecule has 5 amide bonds. The van der Waals surface area contributed by atoms with Gasteiger partial charge in [0.2, 0.25) is 29.5 Å². The van der Waals surface area contributed by atoms with E-state index in [0.29, 0.717) is 50.8 Å². The van der Waals surface area contributed by atoms with E-state index in [9.17, 15) is 39.0 Å². The number of unbranched alkanes of at least 4 members (excludes halogenated alkanes) is 2. The van der Waals surface area contributed by atoms with Gasteiger partial charge in [-0.1, -0.05) is 51.5 Å². The summed E-state index contributed by atoms with van der Waals surface area (Å²) in [5.74, 6) is -4.49. The van der Waals surface area contributed by atoms with Crippen molar-refractivity contribution in [2.45, 2.75) is 141 Å². The molecule has 0 aliphatic carbocycles. The molecule has 310 valence electrons. The van der Waals surface area contributed by atoms with E-state index in [2.05, 4.69) is 26.6 Å². The number of rotatable bonds is 27. The van der Waals surface area contributed by atoms with Crippen molar-refractivity contribution in [3.63, 3.8) is 0 Å². The molecule has 1 rings (SSSR count). The monoisotopic (exact) mass is 775 g/mol. The lowest BCUT2D eigenvalue weighted by Crippen LogP contribution is -2.64. The van der Waals surface area contributed by atoms with Gasteiger partial charge in [-0.15, -0.1) is 0 Å². The fourth-order valence-electron chi connectivity index (χ4n) is 5.92. The zero-order valence-electron chi connectivity index (χ0n) is 33.2. The molecule has 13 N–H and O–H groups in total. The summed E-state index contributed by atoms with van der Waals surface area (Å²) in [7, 11) is 0. The summed E-state index contributed by atoms with van der Waals surface area (Å²) < 4.78 is 0. The van der Waals surface area contributed by atoms with Crippen LogP contribution >= 0.6 is 0 Å². The predicted octanol–water partition coefficient (Wildman–Crippen LogP) is 1.23. The van der Waals surface area contributed by atoms with Gasteiger partial charge in [0.15, 0.2) is 0 Å². The SMILES string of the molecule is C/C=C/C[C@H](N)C(=O)N[C@@H](CCCCN)C(=O)N[C@@H](CCCCN)C(=O)NC(C)(CCC)C(=O)N[C@@H](Cc1ccc(O)cc1)C(=O)N[C@@H](CC(C)C)C(=O)O. The van der Waals surface area contributed by atoms with Gasteiger partial charge in [0.05, 0.1) is 6.04 Å². The van der Waals surface area contributed by atoms with Crippen LogP contribution in [0.4, 0.5) is 0 Å². The first-order valence-corrected chi connectivity index (χ1v) is 19.3. The molecule has 16 nitrogen and oxygen atoms in total. The molecule has 0 aliphatic heterocycles. The number of carboxylic acids is 1. The van der Waals surface area contributed by atoms with Crippen molar-refractivity contribution in [1.82, 2.24) is 26.6 Å². The summed E-state index contributed by atoms with van der Waals surface area (Å²) in [5, 5.41) is 33.1. The number of carbonyl (C=O) groups is 6. The minimum absolute atomic E-state index is 0.000220. The van der Waals surface area contributed by atoms with E-state index in [0.717, 1.165) is 0 Å². The average Bonchev–Trinajstić information content (AvgIpc) is 3.12. The van der Waals surface area contributed by atoms with E-state index in [4.69, 9.17) is 17.2 Å². The number of hydrogen-bond acceptors (Lipinski definition) is 10. The van der Waals surface area contributed by atoms with E-state index in [1.54, 1.807) is 31.2 Å². The van der Waals surface area contributed by atoms with E-state index < -0.39 is 71.3 Å². The van der Waals surface area contributed by atoms with Crippen molar-refractivity contribution >= 4 is 35.5 Å². The molecule has 55 heavy (non-hydrogen) atoms. The summed E-state index contributed by atoms with van der Waals surface area (Å²) in [4.78, 5) is 80.4. The Kier molecular flexibility index (Phi) is 22.5. The molecule has 0 heterocycles. The molecule has 1 aromatic rings. The van der Waals surface area contributed by atoms with Crippen molar-refractivity contribution in [1.29, 1.82) is 0 Å². The van der Waals surface area contributed by atoms with Crippen molar-refractivity contribution in [3.05, 3.63) is 42.0 Å². The quantitative estimate of drug-likeness (QED) is 0.0448. The normalized spacial score (nSPS) is 15.2. The maximum atomic E-state index is 14.1. The second-order valence-corrected chi connectivity index (χ2v) is 14.6. The Hall–Kier alpha value is -4.54. The smallest absolute Gasteiger partial charge is 0.326 e. The maximum Gasteiger partial charge on any atom is 0.326 e. The summed E-state index contributed by atoms with van der Waals surface area (Å²) in [6.45, 7) is 9.52. The third kappa shape index (κ3) is 18.1. The van der Waals surface area contributed by atoms with Crippen molar-refractivity contribution < 1.29 is 39.0 Å². The molecule has 0 aliphatic rings. The van der Waals surface area contributed by atoms with Crippen LogP contribution in [0.25, 0.3) is 0 Å².